The summed E-state index contributed by atoms with van der Waals surface area (Å²) < 4.78 is 46.0. The number of alkyl halides is 3. The predicted molar refractivity (Wildman–Crippen MR) is 91.2 cm³/mol. The number of hydrogen-bond donors (Lipinski definition) is 1. The van der Waals surface area contributed by atoms with E-state index in [2.05, 4.69) is 15.1 Å². The van der Waals surface area contributed by atoms with Gasteiger partial charge in [0.1, 0.15) is 11.2 Å². The van der Waals surface area contributed by atoms with Crippen LogP contribution in [0.15, 0.2) is 35.3 Å². The first-order valence-corrected chi connectivity index (χ1v) is 8.66. The van der Waals surface area contributed by atoms with Gasteiger partial charge in [0.15, 0.2) is 11.9 Å². The number of ether oxygens (including phenoxy) is 1. The average Bonchev–Trinajstić information content (AvgIpc) is 3.06. The van der Waals surface area contributed by atoms with Gasteiger partial charge in [-0.3, -0.25) is 4.79 Å². The molecule has 0 radical (unpaired) electrons. The number of nitrogens with zero attached hydrogens (tertiary/aromatic N) is 3. The molecule has 1 aromatic carbocycles. The molecule has 0 saturated carbocycles. The monoisotopic (exact) mass is 378 g/mol. The van der Waals surface area contributed by atoms with Crippen LogP contribution < -0.4 is 5.56 Å². The maximum absolute atomic E-state index is 12.9. The minimum atomic E-state index is -4.42. The van der Waals surface area contributed by atoms with E-state index in [-0.39, 0.29) is 24.0 Å². The second-order valence-electron chi connectivity index (χ2n) is 6.54. The zero-order valence-electron chi connectivity index (χ0n) is 14.3. The number of aromatic nitrogens is 4. The quantitative estimate of drug-likeness (QED) is 0.758. The van der Waals surface area contributed by atoms with Crippen LogP contribution >= 0.6 is 0 Å². The van der Waals surface area contributed by atoms with Gasteiger partial charge in [-0.15, -0.1) is 0 Å². The molecule has 1 saturated heterocycles. The number of nitrogens with one attached hydrogen (secondary N) is 1. The lowest BCUT2D eigenvalue weighted by molar-refractivity contribution is -0.137. The first-order valence-electron chi connectivity index (χ1n) is 8.66. The van der Waals surface area contributed by atoms with E-state index in [4.69, 9.17) is 4.74 Å². The van der Waals surface area contributed by atoms with Crippen LogP contribution in [0, 0.1) is 0 Å². The fourth-order valence-corrected chi connectivity index (χ4v) is 3.24. The van der Waals surface area contributed by atoms with Gasteiger partial charge >= 0.3 is 6.18 Å². The molecule has 4 rings (SSSR count). The fraction of sp³-hybridized carbons (Fsp3) is 0.389. The topological polar surface area (TPSA) is 72.8 Å². The lowest BCUT2D eigenvalue weighted by Gasteiger charge is -2.23. The number of rotatable bonds is 3. The molecule has 1 N–H and O–H groups in total. The summed E-state index contributed by atoms with van der Waals surface area (Å²) in [6, 6.07) is 4.99. The van der Waals surface area contributed by atoms with Gasteiger partial charge < -0.3 is 9.72 Å². The maximum Gasteiger partial charge on any atom is 0.416 e. The third-order valence-electron chi connectivity index (χ3n) is 4.57. The Morgan fingerprint density at radius 3 is 2.89 bits per heavy atom. The molecule has 0 spiro atoms. The van der Waals surface area contributed by atoms with Gasteiger partial charge in [-0.1, -0.05) is 18.2 Å². The second kappa shape index (κ2) is 6.80. The molecule has 0 amide bonds. The third kappa shape index (κ3) is 3.59. The molecule has 1 fully saturated rings. The summed E-state index contributed by atoms with van der Waals surface area (Å²) in [7, 11) is 0. The Labute approximate surface area is 152 Å². The van der Waals surface area contributed by atoms with Crippen molar-refractivity contribution in [3.05, 3.63) is 57.8 Å². The first kappa shape index (κ1) is 17.7. The molecule has 0 bridgehead atoms. The van der Waals surface area contributed by atoms with Crippen molar-refractivity contribution in [1.82, 2.24) is 19.7 Å². The molecule has 2 aromatic heterocycles. The standard InChI is InChI=1S/C18H17F3N4O2/c19-18(20,21)12-5-3-4-11(8-12)9-14-23-16-13(17(26)24-14)10-22-25(16)15-6-1-2-7-27-15/h3-5,8,10,15H,1-2,6-7,9H2,(H,23,24,26). The summed E-state index contributed by atoms with van der Waals surface area (Å²) in [6.07, 6.45) is -0.450. The van der Waals surface area contributed by atoms with Crippen LogP contribution in [0.1, 0.15) is 42.4 Å². The lowest BCUT2D eigenvalue weighted by atomic mass is 10.1. The van der Waals surface area contributed by atoms with E-state index < -0.39 is 11.7 Å². The number of aromatic amines is 1. The minimum absolute atomic E-state index is 0.0752. The van der Waals surface area contributed by atoms with E-state index in [9.17, 15) is 18.0 Å². The molecule has 1 aliphatic rings. The van der Waals surface area contributed by atoms with E-state index in [0.29, 0.717) is 23.2 Å². The highest BCUT2D eigenvalue weighted by atomic mass is 19.4. The zero-order chi connectivity index (χ0) is 19.0. The highest BCUT2D eigenvalue weighted by Gasteiger charge is 2.30. The van der Waals surface area contributed by atoms with Gasteiger partial charge in [0.2, 0.25) is 0 Å². The molecule has 1 atom stereocenters. The molecular weight excluding hydrogens is 361 g/mol. The van der Waals surface area contributed by atoms with Crippen molar-refractivity contribution in [2.45, 2.75) is 38.1 Å². The van der Waals surface area contributed by atoms with Crippen LogP contribution in [0.2, 0.25) is 0 Å². The van der Waals surface area contributed by atoms with Crippen molar-refractivity contribution in [2.75, 3.05) is 6.61 Å². The molecule has 142 valence electrons. The molecule has 1 unspecified atom stereocenters. The van der Waals surface area contributed by atoms with Gasteiger partial charge in [-0.25, -0.2) is 9.67 Å². The summed E-state index contributed by atoms with van der Waals surface area (Å²) in [5.74, 6) is 0.282. The summed E-state index contributed by atoms with van der Waals surface area (Å²) in [5, 5.41) is 4.57. The van der Waals surface area contributed by atoms with Crippen molar-refractivity contribution in [1.29, 1.82) is 0 Å². The maximum atomic E-state index is 12.9. The second-order valence-corrected chi connectivity index (χ2v) is 6.54. The van der Waals surface area contributed by atoms with E-state index in [0.717, 1.165) is 31.4 Å². The normalized spacial score (nSPS) is 18.1. The summed E-state index contributed by atoms with van der Waals surface area (Å²) in [4.78, 5) is 19.4. The van der Waals surface area contributed by atoms with Crippen molar-refractivity contribution >= 4 is 11.0 Å². The van der Waals surface area contributed by atoms with Gasteiger partial charge in [0, 0.05) is 13.0 Å². The Balaban J connectivity index is 1.69. The Bertz CT molecular complexity index is 1020. The number of H-pyrrole nitrogens is 1. The Morgan fingerprint density at radius 1 is 1.30 bits per heavy atom. The van der Waals surface area contributed by atoms with Crippen LogP contribution in [0.3, 0.4) is 0 Å². The number of benzene rings is 1. The van der Waals surface area contributed by atoms with E-state index >= 15 is 0 Å². The predicted octanol–water partition coefficient (Wildman–Crippen LogP) is 3.43. The highest BCUT2D eigenvalue weighted by molar-refractivity contribution is 5.73. The number of halogens is 3. The largest absolute Gasteiger partial charge is 0.416 e. The summed E-state index contributed by atoms with van der Waals surface area (Å²) >= 11 is 0. The molecule has 0 aliphatic carbocycles. The van der Waals surface area contributed by atoms with Gasteiger partial charge in [0.25, 0.3) is 5.56 Å². The van der Waals surface area contributed by atoms with E-state index in [1.165, 1.54) is 12.3 Å². The molecule has 1 aliphatic heterocycles. The first-order chi connectivity index (χ1) is 12.9. The van der Waals surface area contributed by atoms with Crippen LogP contribution in [-0.4, -0.2) is 26.4 Å². The molecule has 3 heterocycles. The zero-order valence-corrected chi connectivity index (χ0v) is 14.3. The third-order valence-corrected chi connectivity index (χ3v) is 4.57. The minimum Gasteiger partial charge on any atom is -0.356 e. The van der Waals surface area contributed by atoms with Gasteiger partial charge in [-0.05, 0) is 30.9 Å². The van der Waals surface area contributed by atoms with Crippen molar-refractivity contribution < 1.29 is 17.9 Å². The fourth-order valence-electron chi connectivity index (χ4n) is 3.24. The van der Waals surface area contributed by atoms with Crippen molar-refractivity contribution in [2.24, 2.45) is 0 Å². The number of hydrogen-bond acceptors (Lipinski definition) is 4. The van der Waals surface area contributed by atoms with Gasteiger partial charge in [-0.2, -0.15) is 18.3 Å². The lowest BCUT2D eigenvalue weighted by Crippen LogP contribution is -2.20. The Morgan fingerprint density at radius 2 is 2.15 bits per heavy atom. The van der Waals surface area contributed by atoms with Gasteiger partial charge in [0.05, 0.1) is 11.8 Å². The van der Waals surface area contributed by atoms with E-state index in [1.807, 2.05) is 0 Å². The van der Waals surface area contributed by atoms with Crippen LogP contribution in [0.4, 0.5) is 13.2 Å². The van der Waals surface area contributed by atoms with Crippen LogP contribution in [-0.2, 0) is 17.3 Å². The molecule has 6 nitrogen and oxygen atoms in total. The van der Waals surface area contributed by atoms with Crippen LogP contribution in [0.5, 0.6) is 0 Å². The number of fused-ring (bicyclic) bond motifs is 1. The van der Waals surface area contributed by atoms with E-state index in [1.54, 1.807) is 10.7 Å². The average molecular weight is 378 g/mol. The molecule has 27 heavy (non-hydrogen) atoms. The highest BCUT2D eigenvalue weighted by Crippen LogP contribution is 2.30. The summed E-state index contributed by atoms with van der Waals surface area (Å²) in [5.41, 5.74) is -0.312. The van der Waals surface area contributed by atoms with Crippen LogP contribution in [0.25, 0.3) is 11.0 Å². The van der Waals surface area contributed by atoms with Crippen molar-refractivity contribution in [3.63, 3.8) is 0 Å². The molecule has 3 aromatic rings. The smallest absolute Gasteiger partial charge is 0.356 e. The molecular formula is C18H17F3N4O2. The Kier molecular flexibility index (Phi) is 4.47. The molecule has 9 heteroatoms. The summed E-state index contributed by atoms with van der Waals surface area (Å²) in [6.45, 7) is 0.617. The van der Waals surface area contributed by atoms with Crippen molar-refractivity contribution in [3.8, 4) is 0 Å². The SMILES string of the molecule is O=c1[nH]c(Cc2cccc(C(F)(F)F)c2)nc2c1cnn2C1CCCCO1. The Hall–Kier alpha value is -2.68.